The molecule has 3 aliphatic rings. The molecule has 170 valence electrons. The zero-order valence-electron chi connectivity index (χ0n) is 19.9. The molecule has 32 heavy (non-hydrogen) atoms. The monoisotopic (exact) mass is 451 g/mol. The number of benzene rings is 1. The van der Waals surface area contributed by atoms with Crippen LogP contribution >= 0.6 is 11.8 Å². The van der Waals surface area contributed by atoms with Gasteiger partial charge in [0.05, 0.1) is 4.91 Å². The van der Waals surface area contributed by atoms with Gasteiger partial charge in [0.15, 0.2) is 0 Å². The van der Waals surface area contributed by atoms with Crippen molar-refractivity contribution in [2.75, 3.05) is 6.61 Å². The molecule has 1 aromatic carbocycles. The maximum Gasteiger partial charge on any atom is 0.290 e. The number of allylic oxidation sites excluding steroid dienone is 3. The second-order valence-electron chi connectivity index (χ2n) is 10.4. The molecule has 0 bridgehead atoms. The summed E-state index contributed by atoms with van der Waals surface area (Å²) in [6.45, 7) is 14.2. The number of aryl methyl sites for hydroxylation is 1. The lowest BCUT2D eigenvalue weighted by Crippen LogP contribution is -2.36. The first-order valence-corrected chi connectivity index (χ1v) is 12.2. The molecule has 1 unspecified atom stereocenters. The third kappa shape index (κ3) is 4.01. The molecule has 0 saturated carbocycles. The average Bonchev–Trinajstić information content (AvgIpc) is 3.04. The van der Waals surface area contributed by atoms with E-state index in [0.29, 0.717) is 17.9 Å². The summed E-state index contributed by atoms with van der Waals surface area (Å²) in [5.41, 5.74) is 6.03. The fourth-order valence-electron chi connectivity index (χ4n) is 5.14. The quantitative estimate of drug-likeness (QED) is 0.544. The number of hydrogen-bond donors (Lipinski definition) is 1. The van der Waals surface area contributed by atoms with E-state index in [2.05, 4.69) is 64.2 Å². The first-order chi connectivity index (χ1) is 15.0. The molecule has 0 radical (unpaired) electrons. The molecule has 1 saturated heterocycles. The van der Waals surface area contributed by atoms with E-state index in [0.717, 1.165) is 17.3 Å². The molecule has 1 aliphatic heterocycles. The van der Waals surface area contributed by atoms with Gasteiger partial charge < -0.3 is 4.74 Å². The van der Waals surface area contributed by atoms with Crippen molar-refractivity contribution in [2.24, 2.45) is 0 Å². The van der Waals surface area contributed by atoms with Crippen LogP contribution in [-0.4, -0.2) is 17.8 Å². The lowest BCUT2D eigenvalue weighted by Gasteiger charge is -2.44. The van der Waals surface area contributed by atoms with E-state index < -0.39 is 5.60 Å². The topological polar surface area (TPSA) is 55.4 Å². The zero-order chi connectivity index (χ0) is 23.3. The Morgan fingerprint density at radius 2 is 1.72 bits per heavy atom. The number of amides is 2. The van der Waals surface area contributed by atoms with Crippen LogP contribution in [0.25, 0.3) is 0 Å². The van der Waals surface area contributed by atoms with Gasteiger partial charge in [0.1, 0.15) is 5.60 Å². The van der Waals surface area contributed by atoms with Crippen LogP contribution in [0.5, 0.6) is 0 Å². The molecule has 1 fully saturated rings. The normalized spacial score (nSPS) is 27.3. The van der Waals surface area contributed by atoms with E-state index in [1.165, 1.54) is 35.1 Å². The van der Waals surface area contributed by atoms with Crippen LogP contribution in [0.3, 0.4) is 0 Å². The summed E-state index contributed by atoms with van der Waals surface area (Å²) in [5, 5.41) is 1.99. The second-order valence-corrected chi connectivity index (χ2v) is 11.4. The predicted molar refractivity (Wildman–Crippen MR) is 131 cm³/mol. The van der Waals surface area contributed by atoms with Crippen LogP contribution in [0.2, 0.25) is 0 Å². The summed E-state index contributed by atoms with van der Waals surface area (Å²) in [7, 11) is 0. The fourth-order valence-corrected chi connectivity index (χ4v) is 5.82. The van der Waals surface area contributed by atoms with Gasteiger partial charge in [-0.3, -0.25) is 14.9 Å². The Balaban J connectivity index is 1.74. The SMILES string of the molecule is CCOC1(c2cc3c(cc2C)C(C)(C)CCC3(C)C)C=CC(C=C2SC(=O)NC2=O)=CC1. The largest absolute Gasteiger partial charge is 0.366 e. The van der Waals surface area contributed by atoms with Gasteiger partial charge >= 0.3 is 0 Å². The maximum absolute atomic E-state index is 11.9. The number of imide groups is 1. The lowest BCUT2D eigenvalue weighted by atomic mass is 9.62. The van der Waals surface area contributed by atoms with Crippen molar-refractivity contribution in [1.82, 2.24) is 5.32 Å². The van der Waals surface area contributed by atoms with Crippen LogP contribution < -0.4 is 5.32 Å². The zero-order valence-corrected chi connectivity index (χ0v) is 20.7. The Labute approximate surface area is 195 Å². The smallest absolute Gasteiger partial charge is 0.290 e. The van der Waals surface area contributed by atoms with Crippen molar-refractivity contribution < 1.29 is 14.3 Å². The molecule has 2 amide bonds. The Bertz CT molecular complexity index is 1080. The van der Waals surface area contributed by atoms with Gasteiger partial charge in [0.2, 0.25) is 0 Å². The molecular formula is C27H33NO3S. The van der Waals surface area contributed by atoms with E-state index in [-0.39, 0.29) is 22.0 Å². The van der Waals surface area contributed by atoms with Crippen molar-refractivity contribution in [1.29, 1.82) is 0 Å². The number of nitrogens with one attached hydrogen (secondary N) is 1. The highest BCUT2D eigenvalue weighted by atomic mass is 32.2. The number of carbonyl (C=O) groups is 2. The molecule has 4 nitrogen and oxygen atoms in total. The minimum Gasteiger partial charge on any atom is -0.366 e. The van der Waals surface area contributed by atoms with E-state index in [9.17, 15) is 9.59 Å². The summed E-state index contributed by atoms with van der Waals surface area (Å²) < 4.78 is 6.41. The van der Waals surface area contributed by atoms with E-state index in [1.807, 2.05) is 13.0 Å². The van der Waals surface area contributed by atoms with Crippen LogP contribution in [-0.2, 0) is 26.0 Å². The van der Waals surface area contributed by atoms with Gasteiger partial charge in [-0.2, -0.15) is 0 Å². The molecule has 1 N–H and O–H groups in total. The first-order valence-electron chi connectivity index (χ1n) is 11.4. The predicted octanol–water partition coefficient (Wildman–Crippen LogP) is 6.33. The van der Waals surface area contributed by atoms with Crippen molar-refractivity contribution in [3.05, 3.63) is 69.2 Å². The number of carbonyl (C=O) groups excluding carboxylic acids is 2. The van der Waals surface area contributed by atoms with Crippen LogP contribution in [0.1, 0.15) is 76.1 Å². The van der Waals surface area contributed by atoms with Crippen molar-refractivity contribution in [3.63, 3.8) is 0 Å². The highest BCUT2D eigenvalue weighted by molar-refractivity contribution is 8.18. The molecule has 0 aromatic heterocycles. The summed E-state index contributed by atoms with van der Waals surface area (Å²) in [6.07, 6.45) is 11.1. The van der Waals surface area contributed by atoms with Gasteiger partial charge in [-0.05, 0) is 89.3 Å². The highest BCUT2D eigenvalue weighted by Gasteiger charge is 2.40. The van der Waals surface area contributed by atoms with Crippen molar-refractivity contribution in [3.8, 4) is 0 Å². The molecule has 2 aliphatic carbocycles. The van der Waals surface area contributed by atoms with E-state index >= 15 is 0 Å². The summed E-state index contributed by atoms with van der Waals surface area (Å²) in [6, 6.07) is 4.77. The average molecular weight is 452 g/mol. The van der Waals surface area contributed by atoms with Crippen LogP contribution in [0.15, 0.2) is 46.9 Å². The minimum atomic E-state index is -0.533. The van der Waals surface area contributed by atoms with Crippen LogP contribution in [0, 0.1) is 6.92 Å². The molecule has 4 rings (SSSR count). The molecule has 1 atom stereocenters. The summed E-state index contributed by atoms with van der Waals surface area (Å²) in [5.74, 6) is -0.327. The standard InChI is InChI=1S/C27H33NO3S/c1-7-31-27(10-8-18(9-11-27)15-22-23(29)28-24(30)32-22)19-16-21-20(14-17(19)2)25(3,4)12-13-26(21,5)6/h8-10,14-16H,7,11-13H2,1-6H3,(H,28,29,30). The van der Waals surface area contributed by atoms with Gasteiger partial charge in [-0.25, -0.2) is 0 Å². The lowest BCUT2D eigenvalue weighted by molar-refractivity contribution is -0.115. The summed E-state index contributed by atoms with van der Waals surface area (Å²) >= 11 is 0.947. The number of thioether (sulfide) groups is 1. The Hall–Kier alpha value is -2.11. The maximum atomic E-state index is 11.9. The van der Waals surface area contributed by atoms with Gasteiger partial charge in [0.25, 0.3) is 11.1 Å². The van der Waals surface area contributed by atoms with E-state index in [1.54, 1.807) is 6.08 Å². The second kappa shape index (κ2) is 8.03. The fraction of sp³-hybridized carbons (Fsp3) is 0.481. The molecule has 1 heterocycles. The number of fused-ring (bicyclic) bond motifs is 1. The first kappa shape index (κ1) is 23.1. The highest BCUT2D eigenvalue weighted by Crippen LogP contribution is 2.49. The van der Waals surface area contributed by atoms with Crippen molar-refractivity contribution in [2.45, 2.75) is 77.2 Å². The molecule has 5 heteroatoms. The Kier molecular flexibility index (Phi) is 5.79. The summed E-state index contributed by atoms with van der Waals surface area (Å²) in [4.78, 5) is 23.8. The molecular weight excluding hydrogens is 418 g/mol. The number of hydrogen-bond acceptors (Lipinski definition) is 4. The number of ether oxygens (including phenoxy) is 1. The van der Waals surface area contributed by atoms with E-state index in [4.69, 9.17) is 4.74 Å². The van der Waals surface area contributed by atoms with Gasteiger partial charge in [-0.1, -0.05) is 52.0 Å². The molecule has 1 aromatic rings. The van der Waals surface area contributed by atoms with Gasteiger partial charge in [-0.15, -0.1) is 0 Å². The number of rotatable bonds is 4. The minimum absolute atomic E-state index is 0.129. The van der Waals surface area contributed by atoms with Gasteiger partial charge in [0, 0.05) is 13.0 Å². The van der Waals surface area contributed by atoms with Crippen molar-refractivity contribution >= 4 is 22.9 Å². The van der Waals surface area contributed by atoms with Crippen LogP contribution in [0.4, 0.5) is 4.79 Å². The molecule has 0 spiro atoms. The Morgan fingerprint density at radius 3 is 2.25 bits per heavy atom. The Morgan fingerprint density at radius 1 is 1.06 bits per heavy atom. The third-order valence-corrected chi connectivity index (χ3v) is 7.99. The third-order valence-electron chi connectivity index (χ3n) is 7.18.